The minimum absolute atomic E-state index is 0.0436. The van der Waals surface area contributed by atoms with E-state index in [1.807, 2.05) is 0 Å². The van der Waals surface area contributed by atoms with E-state index >= 15 is 0 Å². The Morgan fingerprint density at radius 2 is 1.81 bits per heavy atom. The van der Waals surface area contributed by atoms with E-state index in [0.29, 0.717) is 37.8 Å². The zero-order valence-corrected chi connectivity index (χ0v) is 20.2. The maximum absolute atomic E-state index is 13.3. The molecule has 1 aromatic rings. The number of amides is 3. The van der Waals surface area contributed by atoms with Crippen molar-refractivity contribution >= 4 is 29.7 Å². The van der Waals surface area contributed by atoms with Gasteiger partial charge in [-0.25, -0.2) is 4.79 Å². The lowest BCUT2D eigenvalue weighted by atomic mass is 10.0. The third-order valence-corrected chi connectivity index (χ3v) is 5.87. The highest BCUT2D eigenvalue weighted by atomic mass is 16.4. The lowest BCUT2D eigenvalue weighted by Crippen LogP contribution is -2.57. The highest BCUT2D eigenvalue weighted by Crippen LogP contribution is 2.20. The number of phenols is 1. The van der Waals surface area contributed by atoms with Crippen molar-refractivity contribution in [2.75, 3.05) is 13.1 Å². The van der Waals surface area contributed by atoms with Crippen LogP contribution in [0.3, 0.4) is 0 Å². The first-order valence-corrected chi connectivity index (χ1v) is 11.7. The van der Waals surface area contributed by atoms with Crippen LogP contribution in [0.15, 0.2) is 29.3 Å². The van der Waals surface area contributed by atoms with Crippen molar-refractivity contribution in [3.05, 3.63) is 29.8 Å². The summed E-state index contributed by atoms with van der Waals surface area (Å²) in [5, 5.41) is 24.2. The van der Waals surface area contributed by atoms with Crippen molar-refractivity contribution in [1.82, 2.24) is 15.5 Å². The predicted octanol–water partition coefficient (Wildman–Crippen LogP) is -1.62. The summed E-state index contributed by atoms with van der Waals surface area (Å²) in [6, 6.07) is 2.17. The molecule has 2 rings (SSSR count). The molecule has 10 N–H and O–H groups in total. The monoisotopic (exact) mass is 505 g/mol. The number of benzene rings is 1. The molecule has 1 aromatic carbocycles. The molecule has 0 saturated carbocycles. The van der Waals surface area contributed by atoms with Gasteiger partial charge in [-0.2, -0.15) is 0 Å². The Hall–Kier alpha value is -3.87. The third kappa shape index (κ3) is 8.41. The van der Waals surface area contributed by atoms with Gasteiger partial charge in [0.15, 0.2) is 5.96 Å². The Balaban J connectivity index is 2.05. The number of guanidine groups is 1. The highest BCUT2D eigenvalue weighted by Gasteiger charge is 2.38. The van der Waals surface area contributed by atoms with Gasteiger partial charge in [-0.3, -0.25) is 19.4 Å². The van der Waals surface area contributed by atoms with Crippen LogP contribution in [-0.2, 0) is 25.6 Å². The van der Waals surface area contributed by atoms with Crippen molar-refractivity contribution in [3.8, 4) is 5.75 Å². The number of carbonyl (C=O) groups is 4. The minimum Gasteiger partial charge on any atom is -0.508 e. The summed E-state index contributed by atoms with van der Waals surface area (Å²) in [6.45, 7) is 2.03. The minimum atomic E-state index is -1.11. The molecule has 1 aliphatic rings. The first-order chi connectivity index (χ1) is 17.0. The van der Waals surface area contributed by atoms with E-state index in [4.69, 9.17) is 17.2 Å². The topological polar surface area (TPSA) is 226 Å². The Morgan fingerprint density at radius 3 is 2.42 bits per heavy atom. The van der Waals surface area contributed by atoms with Gasteiger partial charge in [0.2, 0.25) is 17.7 Å². The van der Waals surface area contributed by atoms with E-state index in [1.54, 1.807) is 12.1 Å². The Labute approximate surface area is 209 Å². The quantitative estimate of drug-likeness (QED) is 0.0982. The Morgan fingerprint density at radius 1 is 1.14 bits per heavy atom. The lowest BCUT2D eigenvalue weighted by Gasteiger charge is -2.28. The molecule has 4 unspecified atom stereocenters. The van der Waals surface area contributed by atoms with Crippen LogP contribution in [0.2, 0.25) is 0 Å². The van der Waals surface area contributed by atoms with Gasteiger partial charge in [-0.1, -0.05) is 12.1 Å². The van der Waals surface area contributed by atoms with Gasteiger partial charge in [0, 0.05) is 19.5 Å². The standard InChI is InChI=1S/C23H35N7O6/c1-13(28-20(33)16(24)4-2-10-27-23(25)26)19(32)29-17(12-14-6-8-15(31)9-7-14)21(34)30-11-3-5-18(30)22(35)36/h6-9,13,16-18,31H,2-5,10-12,24H2,1H3,(H,28,33)(H,29,32)(H,35,36)(H4,25,26,27). The normalized spacial score (nSPS) is 17.5. The number of hydrogen-bond donors (Lipinski definition) is 7. The summed E-state index contributed by atoms with van der Waals surface area (Å²) in [5.41, 5.74) is 17.0. The zero-order chi connectivity index (χ0) is 26.8. The van der Waals surface area contributed by atoms with Gasteiger partial charge < -0.3 is 42.9 Å². The van der Waals surface area contributed by atoms with E-state index in [1.165, 1.54) is 24.0 Å². The lowest BCUT2D eigenvalue weighted by molar-refractivity contribution is -0.149. The summed E-state index contributed by atoms with van der Waals surface area (Å²) in [5.74, 6) is -2.82. The zero-order valence-electron chi connectivity index (χ0n) is 20.2. The van der Waals surface area contributed by atoms with Crippen LogP contribution in [-0.4, -0.2) is 82.0 Å². The molecule has 1 heterocycles. The van der Waals surface area contributed by atoms with Gasteiger partial charge >= 0.3 is 5.97 Å². The maximum Gasteiger partial charge on any atom is 0.326 e. The molecule has 1 saturated heterocycles. The summed E-state index contributed by atoms with van der Waals surface area (Å²) in [6.07, 6.45) is 1.70. The van der Waals surface area contributed by atoms with E-state index in [2.05, 4.69) is 15.6 Å². The van der Waals surface area contributed by atoms with Crippen LogP contribution in [0.25, 0.3) is 0 Å². The second-order valence-electron chi connectivity index (χ2n) is 8.75. The third-order valence-electron chi connectivity index (χ3n) is 5.87. The molecule has 13 nitrogen and oxygen atoms in total. The molecule has 0 aliphatic carbocycles. The Bertz CT molecular complexity index is 964. The number of likely N-dealkylation sites (tertiary alicyclic amines) is 1. The number of rotatable bonds is 12. The molecular formula is C23H35N7O6. The van der Waals surface area contributed by atoms with E-state index in [-0.39, 0.29) is 24.7 Å². The van der Waals surface area contributed by atoms with Gasteiger partial charge in [0.25, 0.3) is 0 Å². The average molecular weight is 506 g/mol. The SMILES string of the molecule is CC(NC(=O)C(N)CCCN=C(N)N)C(=O)NC(Cc1ccc(O)cc1)C(=O)N1CCCC1C(=O)O. The van der Waals surface area contributed by atoms with Crippen molar-refractivity contribution < 1.29 is 29.4 Å². The smallest absolute Gasteiger partial charge is 0.326 e. The number of aromatic hydroxyl groups is 1. The number of phenolic OH excluding ortho intramolecular Hbond substituents is 1. The van der Waals surface area contributed by atoms with Gasteiger partial charge in [0.1, 0.15) is 23.9 Å². The fourth-order valence-electron chi connectivity index (χ4n) is 3.89. The van der Waals surface area contributed by atoms with Crippen LogP contribution in [0, 0.1) is 0 Å². The van der Waals surface area contributed by atoms with E-state index in [9.17, 15) is 29.4 Å². The molecule has 0 bridgehead atoms. The largest absolute Gasteiger partial charge is 0.508 e. The molecule has 198 valence electrons. The molecule has 3 amide bonds. The molecule has 1 aliphatic heterocycles. The Kier molecular flexibility index (Phi) is 10.5. The molecular weight excluding hydrogens is 470 g/mol. The highest BCUT2D eigenvalue weighted by molar-refractivity contribution is 5.94. The fourth-order valence-corrected chi connectivity index (χ4v) is 3.89. The number of carboxylic acid groups (broad SMARTS) is 1. The number of nitrogens with two attached hydrogens (primary N) is 3. The number of carboxylic acids is 1. The second kappa shape index (κ2) is 13.3. The van der Waals surface area contributed by atoms with Crippen molar-refractivity contribution in [1.29, 1.82) is 0 Å². The molecule has 13 heteroatoms. The number of nitrogens with one attached hydrogen (secondary N) is 2. The molecule has 0 spiro atoms. The van der Waals surface area contributed by atoms with Gasteiger partial charge in [0.05, 0.1) is 6.04 Å². The van der Waals surface area contributed by atoms with Gasteiger partial charge in [-0.05, 0) is 50.3 Å². The van der Waals surface area contributed by atoms with Crippen molar-refractivity contribution in [2.24, 2.45) is 22.2 Å². The summed E-state index contributed by atoms with van der Waals surface area (Å²) < 4.78 is 0. The first kappa shape index (κ1) is 28.4. The second-order valence-corrected chi connectivity index (χ2v) is 8.75. The summed E-state index contributed by atoms with van der Waals surface area (Å²) in [7, 11) is 0. The van der Waals surface area contributed by atoms with Crippen LogP contribution >= 0.6 is 0 Å². The van der Waals surface area contributed by atoms with Crippen LogP contribution < -0.4 is 27.8 Å². The van der Waals surface area contributed by atoms with E-state index < -0.39 is 47.9 Å². The van der Waals surface area contributed by atoms with Crippen LogP contribution in [0.4, 0.5) is 0 Å². The predicted molar refractivity (Wildman–Crippen MR) is 132 cm³/mol. The first-order valence-electron chi connectivity index (χ1n) is 11.7. The number of aliphatic carboxylic acids is 1. The van der Waals surface area contributed by atoms with Crippen LogP contribution in [0.5, 0.6) is 5.75 Å². The van der Waals surface area contributed by atoms with Crippen molar-refractivity contribution in [2.45, 2.75) is 63.2 Å². The molecule has 4 atom stereocenters. The molecule has 0 aromatic heterocycles. The number of nitrogens with zero attached hydrogens (tertiary/aromatic N) is 2. The number of hydrogen-bond acceptors (Lipinski definition) is 7. The average Bonchev–Trinajstić information content (AvgIpc) is 3.32. The summed E-state index contributed by atoms with van der Waals surface area (Å²) in [4.78, 5) is 55.2. The van der Waals surface area contributed by atoms with Crippen LogP contribution in [0.1, 0.15) is 38.2 Å². The van der Waals surface area contributed by atoms with Gasteiger partial charge in [-0.15, -0.1) is 0 Å². The number of aliphatic imine (C=N–C) groups is 1. The van der Waals surface area contributed by atoms with Crippen molar-refractivity contribution in [3.63, 3.8) is 0 Å². The molecule has 36 heavy (non-hydrogen) atoms. The fraction of sp³-hybridized carbons (Fsp3) is 0.522. The maximum atomic E-state index is 13.3. The van der Waals surface area contributed by atoms with E-state index in [0.717, 1.165) is 0 Å². The molecule has 1 fully saturated rings. The summed E-state index contributed by atoms with van der Waals surface area (Å²) >= 11 is 0. The number of carbonyl (C=O) groups excluding carboxylic acids is 3. The molecule has 0 radical (unpaired) electrons.